The van der Waals surface area contributed by atoms with Gasteiger partial charge in [-0.05, 0) is 67.3 Å². The Morgan fingerprint density at radius 1 is 0.960 bits per heavy atom. The highest BCUT2D eigenvalue weighted by molar-refractivity contribution is 5.50. The van der Waals surface area contributed by atoms with Crippen LogP contribution in [0.5, 0.6) is 17.2 Å². The fraction of sp³-hybridized carbons (Fsp3) is 0.429. The maximum Gasteiger partial charge on any atom is 0.157 e. The minimum atomic E-state index is -0.0436. The Morgan fingerprint density at radius 2 is 1.60 bits per heavy atom. The molecule has 2 aromatic rings. The fourth-order valence-corrected chi connectivity index (χ4v) is 5.01. The molecular weight excluding hydrogens is 314 g/mol. The zero-order valence-corrected chi connectivity index (χ0v) is 14.6. The lowest BCUT2D eigenvalue weighted by atomic mass is 9.67. The third-order valence-electron chi connectivity index (χ3n) is 6.17. The van der Waals surface area contributed by atoms with Crippen molar-refractivity contribution in [3.8, 4) is 17.2 Å². The molecule has 1 saturated carbocycles. The number of phenolic OH excluding ortho intramolecular Hbond substituents is 3. The summed E-state index contributed by atoms with van der Waals surface area (Å²) in [5.74, 6) is 0.210. The van der Waals surface area contributed by atoms with E-state index in [0.717, 1.165) is 36.9 Å². The van der Waals surface area contributed by atoms with Crippen molar-refractivity contribution in [3.63, 3.8) is 0 Å². The van der Waals surface area contributed by atoms with Crippen molar-refractivity contribution < 1.29 is 15.3 Å². The molecule has 1 heterocycles. The average molecular weight is 339 g/mol. The smallest absolute Gasteiger partial charge is 0.157 e. The van der Waals surface area contributed by atoms with Gasteiger partial charge >= 0.3 is 0 Å². The van der Waals surface area contributed by atoms with Crippen LogP contribution in [0.1, 0.15) is 48.4 Å². The Labute approximate surface area is 148 Å². The largest absolute Gasteiger partial charge is 0.508 e. The summed E-state index contributed by atoms with van der Waals surface area (Å²) in [6.45, 7) is 0.932. The molecule has 1 aliphatic heterocycles. The number of likely N-dealkylation sites (N-methyl/N-ethyl adjacent to an activating group) is 1. The van der Waals surface area contributed by atoms with Crippen molar-refractivity contribution in [1.29, 1.82) is 0 Å². The van der Waals surface area contributed by atoms with Crippen LogP contribution < -0.4 is 0 Å². The molecule has 0 spiro atoms. The first kappa shape index (κ1) is 16.3. The standard InChI is InChI=1S/C21H25NO3/c1-22-11-8-14-12-18(24)19(25)13-17(14)20(22)21(9-2-3-10-21)15-4-6-16(23)7-5-15/h4-7,12-13,20,23-25H,2-3,8-11H2,1H3. The molecule has 132 valence electrons. The van der Waals surface area contributed by atoms with Gasteiger partial charge in [-0.2, -0.15) is 0 Å². The predicted octanol–water partition coefficient (Wildman–Crippen LogP) is 3.84. The fourth-order valence-electron chi connectivity index (χ4n) is 5.01. The van der Waals surface area contributed by atoms with Gasteiger partial charge in [-0.1, -0.05) is 25.0 Å². The van der Waals surface area contributed by atoms with Gasteiger partial charge in [0.1, 0.15) is 5.75 Å². The normalized spacial score (nSPS) is 22.7. The molecule has 4 nitrogen and oxygen atoms in total. The lowest BCUT2D eigenvalue weighted by molar-refractivity contribution is 0.135. The summed E-state index contributed by atoms with van der Waals surface area (Å²) < 4.78 is 0. The second kappa shape index (κ2) is 5.95. The molecule has 3 N–H and O–H groups in total. The number of hydrogen-bond donors (Lipinski definition) is 3. The molecule has 4 rings (SSSR count). The van der Waals surface area contributed by atoms with Crippen LogP contribution in [0.2, 0.25) is 0 Å². The maximum absolute atomic E-state index is 10.1. The Balaban J connectivity index is 1.88. The summed E-state index contributed by atoms with van der Waals surface area (Å²) in [7, 11) is 2.15. The number of hydrogen-bond acceptors (Lipinski definition) is 4. The SMILES string of the molecule is CN1CCc2cc(O)c(O)cc2C1C1(c2ccc(O)cc2)CCCC1. The summed E-state index contributed by atoms with van der Waals surface area (Å²) >= 11 is 0. The van der Waals surface area contributed by atoms with E-state index in [1.165, 1.54) is 18.4 Å². The van der Waals surface area contributed by atoms with Crippen LogP contribution >= 0.6 is 0 Å². The molecule has 0 bridgehead atoms. The van der Waals surface area contributed by atoms with Gasteiger partial charge in [0.15, 0.2) is 11.5 Å². The minimum absolute atomic E-state index is 0.0268. The highest BCUT2D eigenvalue weighted by Gasteiger charge is 2.47. The summed E-state index contributed by atoms with van der Waals surface area (Å²) in [6, 6.07) is 11.3. The molecule has 25 heavy (non-hydrogen) atoms. The first-order chi connectivity index (χ1) is 12.0. The quantitative estimate of drug-likeness (QED) is 0.727. The first-order valence-electron chi connectivity index (χ1n) is 9.06. The van der Waals surface area contributed by atoms with E-state index in [4.69, 9.17) is 0 Å². The van der Waals surface area contributed by atoms with E-state index in [1.807, 2.05) is 12.1 Å². The molecule has 0 amide bonds. The van der Waals surface area contributed by atoms with E-state index in [2.05, 4.69) is 11.9 Å². The summed E-state index contributed by atoms with van der Waals surface area (Å²) in [5.41, 5.74) is 3.48. The van der Waals surface area contributed by atoms with E-state index in [1.54, 1.807) is 24.3 Å². The highest BCUT2D eigenvalue weighted by Crippen LogP contribution is 2.54. The lowest BCUT2D eigenvalue weighted by Gasteiger charge is -2.47. The Morgan fingerprint density at radius 3 is 2.28 bits per heavy atom. The van der Waals surface area contributed by atoms with Gasteiger partial charge in [-0.15, -0.1) is 0 Å². The molecular formula is C21H25NO3. The minimum Gasteiger partial charge on any atom is -0.508 e. The molecule has 4 heteroatoms. The van der Waals surface area contributed by atoms with Crippen molar-refractivity contribution in [2.24, 2.45) is 0 Å². The van der Waals surface area contributed by atoms with Crippen LogP contribution in [-0.4, -0.2) is 33.8 Å². The van der Waals surface area contributed by atoms with Gasteiger partial charge < -0.3 is 15.3 Å². The summed E-state index contributed by atoms with van der Waals surface area (Å²) in [6.07, 6.45) is 5.43. The van der Waals surface area contributed by atoms with Crippen LogP contribution in [0.3, 0.4) is 0 Å². The van der Waals surface area contributed by atoms with Gasteiger partial charge in [-0.25, -0.2) is 0 Å². The molecule has 1 fully saturated rings. The summed E-state index contributed by atoms with van der Waals surface area (Å²) in [4.78, 5) is 2.39. The Bertz CT molecular complexity index is 778. The zero-order valence-electron chi connectivity index (χ0n) is 14.6. The average Bonchev–Trinajstić information content (AvgIpc) is 3.07. The van der Waals surface area contributed by atoms with E-state index in [9.17, 15) is 15.3 Å². The molecule has 1 atom stereocenters. The number of phenols is 3. The second-order valence-electron chi connectivity index (χ2n) is 7.58. The first-order valence-corrected chi connectivity index (χ1v) is 9.06. The topological polar surface area (TPSA) is 63.9 Å². The van der Waals surface area contributed by atoms with Crippen LogP contribution in [-0.2, 0) is 11.8 Å². The highest BCUT2D eigenvalue weighted by atomic mass is 16.3. The van der Waals surface area contributed by atoms with Gasteiger partial charge in [0.2, 0.25) is 0 Å². The molecule has 1 aliphatic carbocycles. The second-order valence-corrected chi connectivity index (χ2v) is 7.58. The number of benzene rings is 2. The number of rotatable bonds is 2. The maximum atomic E-state index is 10.1. The van der Waals surface area contributed by atoms with Crippen molar-refractivity contribution in [3.05, 3.63) is 53.1 Å². The van der Waals surface area contributed by atoms with Crippen molar-refractivity contribution in [2.45, 2.75) is 43.6 Å². The van der Waals surface area contributed by atoms with Gasteiger partial charge in [0.25, 0.3) is 0 Å². The van der Waals surface area contributed by atoms with Gasteiger partial charge in [0, 0.05) is 18.0 Å². The van der Waals surface area contributed by atoms with Crippen LogP contribution in [0.4, 0.5) is 0 Å². The van der Waals surface area contributed by atoms with E-state index >= 15 is 0 Å². The third kappa shape index (κ3) is 2.56. The van der Waals surface area contributed by atoms with Gasteiger partial charge in [-0.3, -0.25) is 4.90 Å². The van der Waals surface area contributed by atoms with Crippen LogP contribution in [0.15, 0.2) is 36.4 Å². The monoisotopic (exact) mass is 339 g/mol. The number of nitrogens with zero attached hydrogens (tertiary/aromatic N) is 1. The van der Waals surface area contributed by atoms with Gasteiger partial charge in [0.05, 0.1) is 0 Å². The predicted molar refractivity (Wildman–Crippen MR) is 97.1 cm³/mol. The van der Waals surface area contributed by atoms with Crippen molar-refractivity contribution >= 4 is 0 Å². The summed E-state index contributed by atoms with van der Waals surface area (Å²) in [5, 5.41) is 29.7. The van der Waals surface area contributed by atoms with E-state index in [0.29, 0.717) is 0 Å². The number of aromatic hydroxyl groups is 3. The molecule has 0 aromatic heterocycles. The van der Waals surface area contributed by atoms with Crippen LogP contribution in [0.25, 0.3) is 0 Å². The zero-order chi connectivity index (χ0) is 17.6. The Kier molecular flexibility index (Phi) is 3.88. The van der Waals surface area contributed by atoms with Crippen molar-refractivity contribution in [1.82, 2.24) is 4.90 Å². The molecule has 2 aliphatic rings. The lowest BCUT2D eigenvalue weighted by Crippen LogP contribution is -2.44. The van der Waals surface area contributed by atoms with Crippen molar-refractivity contribution in [2.75, 3.05) is 13.6 Å². The number of fused-ring (bicyclic) bond motifs is 1. The van der Waals surface area contributed by atoms with E-state index in [-0.39, 0.29) is 28.7 Å². The van der Waals surface area contributed by atoms with Crippen LogP contribution in [0, 0.1) is 0 Å². The Hall–Kier alpha value is -2.20. The third-order valence-corrected chi connectivity index (χ3v) is 6.17. The molecule has 0 saturated heterocycles. The van der Waals surface area contributed by atoms with E-state index < -0.39 is 0 Å². The molecule has 2 aromatic carbocycles. The molecule has 0 radical (unpaired) electrons. The molecule has 1 unspecified atom stereocenters.